The first-order chi connectivity index (χ1) is 3.41. The molecule has 7 heavy (non-hydrogen) atoms. The van der Waals surface area contributed by atoms with Crippen LogP contribution in [0.4, 0.5) is 0 Å². The number of carbonyl (C=O) groups excluding carboxylic acids is 1. The Bertz CT molecular complexity index is 52.2. The van der Waals surface area contributed by atoms with Crippen LogP contribution >= 0.6 is 23.5 Å². The molecule has 0 fully saturated rings. The third-order valence-corrected chi connectivity index (χ3v) is 1.34. The number of hydrogen-bond acceptors (Lipinski definition) is 2. The van der Waals surface area contributed by atoms with Crippen LogP contribution in [0.3, 0.4) is 0 Å². The summed E-state index contributed by atoms with van der Waals surface area (Å²) in [5.74, 6) is 1.29. The highest BCUT2D eigenvalue weighted by atomic mass is 35.5. The van der Waals surface area contributed by atoms with Crippen molar-refractivity contribution in [1.29, 1.82) is 0 Å². The molecule has 2 nitrogen and oxygen atoms in total. The third kappa shape index (κ3) is 6.11. The van der Waals surface area contributed by atoms with Crippen molar-refractivity contribution in [2.45, 2.75) is 0 Å². The fourth-order valence-electron chi connectivity index (χ4n) is 0.119. The lowest BCUT2D eigenvalue weighted by atomic mass is 11.0. The Labute approximate surface area is 51.7 Å². The Morgan fingerprint density at radius 3 is 3.00 bits per heavy atom. The van der Waals surface area contributed by atoms with Crippen molar-refractivity contribution in [2.75, 3.05) is 11.6 Å². The minimum absolute atomic E-state index is 0.555. The summed E-state index contributed by atoms with van der Waals surface area (Å²) in [7, 11) is 0. The standard InChI is InChI=1S/C3H5ClNOS/c4-1-2-7-5-3-6/h1-2H2,(H,5,6). The molecule has 0 atom stereocenters. The molecule has 4 heteroatoms. The van der Waals surface area contributed by atoms with Gasteiger partial charge in [-0.25, -0.2) is 0 Å². The molecule has 1 radical (unpaired) electrons. The molecule has 0 saturated carbocycles. The second-order valence-electron chi connectivity index (χ2n) is 0.742. The molecule has 0 aromatic carbocycles. The van der Waals surface area contributed by atoms with Gasteiger partial charge in [-0.15, -0.1) is 11.6 Å². The van der Waals surface area contributed by atoms with E-state index >= 15 is 0 Å². The minimum Gasteiger partial charge on any atom is -0.292 e. The fraction of sp³-hybridized carbons (Fsp3) is 0.667. The number of nitrogens with one attached hydrogen (secondary N) is 1. The second-order valence-corrected chi connectivity index (χ2v) is 2.02. The monoisotopic (exact) mass is 138 g/mol. The summed E-state index contributed by atoms with van der Waals surface area (Å²) in [5.41, 5.74) is 0. The van der Waals surface area contributed by atoms with Gasteiger partial charge in [0.1, 0.15) is 0 Å². The van der Waals surface area contributed by atoms with Gasteiger partial charge in [-0.05, 0) is 11.9 Å². The maximum Gasteiger partial charge on any atom is 0.320 e. The van der Waals surface area contributed by atoms with Crippen molar-refractivity contribution in [3.63, 3.8) is 0 Å². The van der Waals surface area contributed by atoms with Gasteiger partial charge in [0.25, 0.3) is 0 Å². The van der Waals surface area contributed by atoms with Crippen molar-refractivity contribution in [3.05, 3.63) is 0 Å². The summed E-state index contributed by atoms with van der Waals surface area (Å²) in [6.45, 7) is 0. The van der Waals surface area contributed by atoms with Crippen molar-refractivity contribution < 1.29 is 4.79 Å². The molecular formula is C3H5ClNOS. The lowest BCUT2D eigenvalue weighted by molar-refractivity contribution is 0.554. The molecule has 0 unspecified atom stereocenters. The number of rotatable bonds is 4. The molecule has 0 aromatic rings. The largest absolute Gasteiger partial charge is 0.320 e. The zero-order chi connectivity index (χ0) is 5.54. The van der Waals surface area contributed by atoms with Gasteiger partial charge in [-0.1, -0.05) is 0 Å². The first-order valence-electron chi connectivity index (χ1n) is 1.71. The van der Waals surface area contributed by atoms with E-state index in [0.717, 1.165) is 5.75 Å². The van der Waals surface area contributed by atoms with Gasteiger partial charge in [0, 0.05) is 11.6 Å². The zero-order valence-corrected chi connectivity index (χ0v) is 5.18. The molecule has 0 bridgehead atoms. The summed E-state index contributed by atoms with van der Waals surface area (Å²) in [6, 6.07) is 0. The number of alkyl halides is 1. The van der Waals surface area contributed by atoms with Crippen molar-refractivity contribution in [3.8, 4) is 0 Å². The highest BCUT2D eigenvalue weighted by Crippen LogP contribution is 1.90. The molecule has 0 saturated heterocycles. The Kier molecular flexibility index (Phi) is 6.21. The molecule has 0 spiro atoms. The van der Waals surface area contributed by atoms with Crippen LogP contribution in [0.5, 0.6) is 0 Å². The van der Waals surface area contributed by atoms with Gasteiger partial charge in [-0.3, -0.25) is 9.52 Å². The van der Waals surface area contributed by atoms with Gasteiger partial charge in [0.15, 0.2) is 0 Å². The molecule has 0 aliphatic rings. The highest BCUT2D eigenvalue weighted by molar-refractivity contribution is 7.97. The average Bonchev–Trinajstić information content (AvgIpc) is 1.69. The molecule has 0 aliphatic heterocycles. The Morgan fingerprint density at radius 2 is 2.57 bits per heavy atom. The average molecular weight is 139 g/mol. The molecule has 0 aromatic heterocycles. The van der Waals surface area contributed by atoms with Crippen LogP contribution in [0.1, 0.15) is 0 Å². The minimum atomic E-state index is 0.555. The van der Waals surface area contributed by atoms with E-state index in [2.05, 4.69) is 4.72 Å². The smallest absolute Gasteiger partial charge is 0.292 e. The predicted molar refractivity (Wildman–Crippen MR) is 32.0 cm³/mol. The fourth-order valence-corrected chi connectivity index (χ4v) is 0.589. The molecule has 0 rings (SSSR count). The van der Waals surface area contributed by atoms with Crippen LogP contribution in [-0.4, -0.2) is 18.0 Å². The number of amides is 1. The summed E-state index contributed by atoms with van der Waals surface area (Å²) >= 11 is 6.49. The Hall–Kier alpha value is 0.110. The summed E-state index contributed by atoms with van der Waals surface area (Å²) in [4.78, 5) is 9.38. The zero-order valence-electron chi connectivity index (χ0n) is 3.61. The quantitative estimate of drug-likeness (QED) is 0.266. The molecule has 0 aliphatic carbocycles. The summed E-state index contributed by atoms with van der Waals surface area (Å²) in [5, 5.41) is 0. The van der Waals surface area contributed by atoms with Crippen LogP contribution in [0, 0.1) is 0 Å². The van der Waals surface area contributed by atoms with Crippen molar-refractivity contribution in [2.24, 2.45) is 0 Å². The maximum absolute atomic E-state index is 9.38. The number of hydrogen-bond donors (Lipinski definition) is 1. The summed E-state index contributed by atoms with van der Waals surface area (Å²) < 4.78 is 2.28. The van der Waals surface area contributed by atoms with Gasteiger partial charge in [0.05, 0.1) is 0 Å². The van der Waals surface area contributed by atoms with Gasteiger partial charge in [-0.2, -0.15) is 0 Å². The van der Waals surface area contributed by atoms with Crippen LogP contribution in [-0.2, 0) is 4.79 Å². The van der Waals surface area contributed by atoms with E-state index in [1.807, 2.05) is 0 Å². The Balaban J connectivity index is 2.56. The van der Waals surface area contributed by atoms with E-state index in [4.69, 9.17) is 11.6 Å². The van der Waals surface area contributed by atoms with Gasteiger partial charge >= 0.3 is 6.41 Å². The van der Waals surface area contributed by atoms with E-state index in [-0.39, 0.29) is 0 Å². The van der Waals surface area contributed by atoms with E-state index in [1.165, 1.54) is 18.4 Å². The lowest BCUT2D eigenvalue weighted by Gasteiger charge is -1.87. The lowest BCUT2D eigenvalue weighted by Crippen LogP contribution is -1.99. The van der Waals surface area contributed by atoms with Crippen LogP contribution in [0.15, 0.2) is 0 Å². The van der Waals surface area contributed by atoms with Gasteiger partial charge < -0.3 is 0 Å². The Morgan fingerprint density at radius 1 is 1.86 bits per heavy atom. The van der Waals surface area contributed by atoms with Gasteiger partial charge in [0.2, 0.25) is 0 Å². The topological polar surface area (TPSA) is 29.1 Å². The molecule has 41 valence electrons. The van der Waals surface area contributed by atoms with E-state index in [0.29, 0.717) is 5.88 Å². The highest BCUT2D eigenvalue weighted by Gasteiger charge is 1.79. The van der Waals surface area contributed by atoms with Crippen LogP contribution in [0.25, 0.3) is 0 Å². The summed E-state index contributed by atoms with van der Waals surface area (Å²) in [6.07, 6.45) is 1.51. The SMILES string of the molecule is O=[C]NSCCCl. The van der Waals surface area contributed by atoms with E-state index in [9.17, 15) is 4.79 Å². The van der Waals surface area contributed by atoms with Crippen molar-refractivity contribution >= 4 is 30.0 Å². The van der Waals surface area contributed by atoms with E-state index in [1.54, 1.807) is 0 Å². The molecular weight excluding hydrogens is 134 g/mol. The number of halogens is 1. The van der Waals surface area contributed by atoms with Crippen LogP contribution in [0.2, 0.25) is 0 Å². The molecule has 1 N–H and O–H groups in total. The van der Waals surface area contributed by atoms with Crippen LogP contribution < -0.4 is 4.72 Å². The first-order valence-corrected chi connectivity index (χ1v) is 3.23. The van der Waals surface area contributed by atoms with Crippen molar-refractivity contribution in [1.82, 2.24) is 4.72 Å². The molecule has 1 amide bonds. The van der Waals surface area contributed by atoms with E-state index < -0.39 is 0 Å². The third-order valence-electron chi connectivity index (χ3n) is 0.293. The predicted octanol–water partition coefficient (Wildman–Crippen LogP) is 0.530. The maximum atomic E-state index is 9.38. The second kappa shape index (κ2) is 6.11. The normalized spacial score (nSPS) is 8.14. The first kappa shape index (κ1) is 7.11. The molecule has 0 heterocycles.